The third-order valence-electron chi connectivity index (χ3n) is 4.41. The number of rotatable bonds is 5. The standard InChI is InChI=1S/C20H19NO4/c22-20(24-12-14-4-3-9-21-11-14)13-23-15-7-8-19-17(10-15)16-5-1-2-6-18(16)25-19/h3-4,7-11H,1-2,5-6,12-13H2. The fourth-order valence-electron chi connectivity index (χ4n) is 3.16. The Morgan fingerprint density at radius 1 is 1.20 bits per heavy atom. The maximum atomic E-state index is 11.8. The van der Waals surface area contributed by atoms with Gasteiger partial charge in [0.05, 0.1) is 0 Å². The first-order valence-electron chi connectivity index (χ1n) is 8.51. The van der Waals surface area contributed by atoms with Gasteiger partial charge in [-0.3, -0.25) is 4.98 Å². The van der Waals surface area contributed by atoms with Crippen molar-refractivity contribution >= 4 is 16.9 Å². The molecule has 1 aromatic carbocycles. The van der Waals surface area contributed by atoms with Crippen LogP contribution in [-0.2, 0) is 29.0 Å². The number of carbonyl (C=O) groups excluding carboxylic acids is 1. The molecule has 128 valence electrons. The topological polar surface area (TPSA) is 61.6 Å². The molecule has 0 aliphatic heterocycles. The van der Waals surface area contributed by atoms with E-state index >= 15 is 0 Å². The van der Waals surface area contributed by atoms with E-state index in [0.29, 0.717) is 5.75 Å². The lowest BCUT2D eigenvalue weighted by molar-refractivity contribution is -0.147. The van der Waals surface area contributed by atoms with Crippen molar-refractivity contribution < 1.29 is 18.7 Å². The molecule has 0 bridgehead atoms. The van der Waals surface area contributed by atoms with Gasteiger partial charge < -0.3 is 13.9 Å². The number of fused-ring (bicyclic) bond motifs is 3. The van der Waals surface area contributed by atoms with Crippen molar-refractivity contribution in [1.82, 2.24) is 4.98 Å². The van der Waals surface area contributed by atoms with Crippen molar-refractivity contribution in [1.29, 1.82) is 0 Å². The zero-order valence-corrected chi connectivity index (χ0v) is 13.9. The number of aryl methyl sites for hydroxylation is 2. The summed E-state index contributed by atoms with van der Waals surface area (Å²) in [6.07, 6.45) is 7.76. The summed E-state index contributed by atoms with van der Waals surface area (Å²) in [7, 11) is 0. The van der Waals surface area contributed by atoms with E-state index in [1.807, 2.05) is 24.3 Å². The summed E-state index contributed by atoms with van der Waals surface area (Å²) in [6, 6.07) is 9.35. The number of aromatic nitrogens is 1. The van der Waals surface area contributed by atoms with E-state index in [4.69, 9.17) is 13.9 Å². The summed E-state index contributed by atoms with van der Waals surface area (Å²) in [5.74, 6) is 1.34. The molecule has 5 heteroatoms. The monoisotopic (exact) mass is 337 g/mol. The highest BCUT2D eigenvalue weighted by Gasteiger charge is 2.18. The Morgan fingerprint density at radius 2 is 2.12 bits per heavy atom. The molecular weight excluding hydrogens is 318 g/mol. The lowest BCUT2D eigenvalue weighted by atomic mass is 9.96. The SMILES string of the molecule is O=C(COc1ccc2oc3c(c2c1)CCCC3)OCc1cccnc1. The summed E-state index contributed by atoms with van der Waals surface area (Å²) in [5, 5.41) is 1.09. The van der Waals surface area contributed by atoms with Gasteiger partial charge in [-0.25, -0.2) is 4.79 Å². The molecule has 1 aliphatic carbocycles. The maximum Gasteiger partial charge on any atom is 0.344 e. The number of hydrogen-bond donors (Lipinski definition) is 0. The van der Waals surface area contributed by atoms with Crippen molar-refractivity contribution in [3.8, 4) is 5.75 Å². The first-order valence-corrected chi connectivity index (χ1v) is 8.51. The molecule has 25 heavy (non-hydrogen) atoms. The zero-order chi connectivity index (χ0) is 17.1. The van der Waals surface area contributed by atoms with Crippen LogP contribution in [0, 0.1) is 0 Å². The van der Waals surface area contributed by atoms with Crippen LogP contribution in [0.2, 0.25) is 0 Å². The Kier molecular flexibility index (Phi) is 4.37. The van der Waals surface area contributed by atoms with Gasteiger partial charge in [-0.2, -0.15) is 0 Å². The number of carbonyl (C=O) groups is 1. The Balaban J connectivity index is 1.38. The first-order chi connectivity index (χ1) is 12.3. The van der Waals surface area contributed by atoms with Gasteiger partial charge in [-0.15, -0.1) is 0 Å². The molecule has 2 aromatic heterocycles. The first kappa shape index (κ1) is 15.7. The summed E-state index contributed by atoms with van der Waals surface area (Å²) < 4.78 is 16.7. The average Bonchev–Trinajstić information content (AvgIpc) is 3.03. The summed E-state index contributed by atoms with van der Waals surface area (Å²) in [4.78, 5) is 15.8. The number of esters is 1. The van der Waals surface area contributed by atoms with Crippen LogP contribution in [0.4, 0.5) is 0 Å². The van der Waals surface area contributed by atoms with E-state index in [9.17, 15) is 4.79 Å². The van der Waals surface area contributed by atoms with Crippen molar-refractivity contribution in [2.75, 3.05) is 6.61 Å². The number of ether oxygens (including phenoxy) is 2. The van der Waals surface area contributed by atoms with E-state index < -0.39 is 5.97 Å². The largest absolute Gasteiger partial charge is 0.482 e. The predicted molar refractivity (Wildman–Crippen MR) is 92.4 cm³/mol. The van der Waals surface area contributed by atoms with Crippen LogP contribution >= 0.6 is 0 Å². The summed E-state index contributed by atoms with van der Waals surface area (Å²) >= 11 is 0. The van der Waals surface area contributed by atoms with Gasteiger partial charge >= 0.3 is 5.97 Å². The fourth-order valence-corrected chi connectivity index (χ4v) is 3.16. The van der Waals surface area contributed by atoms with Gasteiger partial charge in [-0.1, -0.05) is 6.07 Å². The second-order valence-electron chi connectivity index (χ2n) is 6.18. The molecule has 3 aromatic rings. The number of pyridine rings is 1. The Hall–Kier alpha value is -2.82. The molecule has 0 fully saturated rings. The summed E-state index contributed by atoms with van der Waals surface area (Å²) in [6.45, 7) is 0.0795. The van der Waals surface area contributed by atoms with Crippen molar-refractivity contribution in [3.05, 3.63) is 59.6 Å². The number of nitrogens with zero attached hydrogens (tertiary/aromatic N) is 1. The van der Waals surface area contributed by atoms with Gasteiger partial charge in [0.2, 0.25) is 0 Å². The normalized spacial score (nSPS) is 13.4. The maximum absolute atomic E-state index is 11.8. The molecule has 0 saturated carbocycles. The van der Waals surface area contributed by atoms with Gasteiger partial charge in [0.25, 0.3) is 0 Å². The Bertz CT molecular complexity index is 885. The molecule has 0 radical (unpaired) electrons. The van der Waals surface area contributed by atoms with Crippen LogP contribution < -0.4 is 4.74 Å². The Morgan fingerprint density at radius 3 is 3.00 bits per heavy atom. The molecule has 4 rings (SSSR count). The number of furan rings is 1. The second-order valence-corrected chi connectivity index (χ2v) is 6.18. The number of benzene rings is 1. The van der Waals surface area contributed by atoms with E-state index in [-0.39, 0.29) is 13.2 Å². The minimum absolute atomic E-state index is 0.119. The van der Waals surface area contributed by atoms with Crippen LogP contribution in [-0.4, -0.2) is 17.6 Å². The molecule has 0 saturated heterocycles. The van der Waals surface area contributed by atoms with Crippen molar-refractivity contribution in [2.24, 2.45) is 0 Å². The van der Waals surface area contributed by atoms with Crippen LogP contribution in [0.1, 0.15) is 29.7 Å². The fraction of sp³-hybridized carbons (Fsp3) is 0.300. The average molecular weight is 337 g/mol. The van der Waals surface area contributed by atoms with Gasteiger partial charge in [0, 0.05) is 35.3 Å². The third kappa shape index (κ3) is 3.50. The van der Waals surface area contributed by atoms with Crippen LogP contribution in [0.15, 0.2) is 47.1 Å². The minimum atomic E-state index is -0.404. The molecule has 0 N–H and O–H groups in total. The van der Waals surface area contributed by atoms with Crippen molar-refractivity contribution in [2.45, 2.75) is 32.3 Å². The minimum Gasteiger partial charge on any atom is -0.482 e. The molecule has 0 spiro atoms. The van der Waals surface area contributed by atoms with Gasteiger partial charge in [-0.05, 0) is 43.5 Å². The third-order valence-corrected chi connectivity index (χ3v) is 4.41. The smallest absolute Gasteiger partial charge is 0.344 e. The molecule has 0 atom stereocenters. The highest BCUT2D eigenvalue weighted by molar-refractivity contribution is 5.84. The highest BCUT2D eigenvalue weighted by atomic mass is 16.6. The van der Waals surface area contributed by atoms with Crippen LogP contribution in [0.5, 0.6) is 5.75 Å². The lowest BCUT2D eigenvalue weighted by Crippen LogP contribution is -2.14. The lowest BCUT2D eigenvalue weighted by Gasteiger charge is -2.09. The van der Waals surface area contributed by atoms with E-state index in [2.05, 4.69) is 4.98 Å². The molecule has 0 unspecified atom stereocenters. The molecule has 5 nitrogen and oxygen atoms in total. The molecule has 0 amide bonds. The van der Waals surface area contributed by atoms with E-state index in [1.54, 1.807) is 18.5 Å². The molecular formula is C20H19NO4. The van der Waals surface area contributed by atoms with Crippen molar-refractivity contribution in [3.63, 3.8) is 0 Å². The zero-order valence-electron chi connectivity index (χ0n) is 13.9. The van der Waals surface area contributed by atoms with E-state index in [1.165, 1.54) is 18.4 Å². The van der Waals surface area contributed by atoms with Crippen LogP contribution in [0.25, 0.3) is 11.0 Å². The van der Waals surface area contributed by atoms with E-state index in [0.717, 1.165) is 35.1 Å². The Labute approximate surface area is 145 Å². The molecule has 2 heterocycles. The predicted octanol–water partition coefficient (Wildman–Crippen LogP) is 3.83. The summed E-state index contributed by atoms with van der Waals surface area (Å²) in [5.41, 5.74) is 3.02. The van der Waals surface area contributed by atoms with Gasteiger partial charge in [0.1, 0.15) is 23.7 Å². The quantitative estimate of drug-likeness (QED) is 0.662. The number of hydrogen-bond acceptors (Lipinski definition) is 5. The molecule has 1 aliphatic rings. The highest BCUT2D eigenvalue weighted by Crippen LogP contribution is 2.33. The van der Waals surface area contributed by atoms with Gasteiger partial charge in [0.15, 0.2) is 6.61 Å². The second kappa shape index (κ2) is 6.97. The van der Waals surface area contributed by atoms with Crippen LogP contribution in [0.3, 0.4) is 0 Å².